The van der Waals surface area contributed by atoms with E-state index in [0.29, 0.717) is 0 Å². The summed E-state index contributed by atoms with van der Waals surface area (Å²) in [6, 6.07) is 14.1. The maximum atomic E-state index is 11.9. The van der Waals surface area contributed by atoms with E-state index in [1.165, 1.54) is 0 Å². The number of nitrogens with one attached hydrogen (secondary N) is 1. The van der Waals surface area contributed by atoms with E-state index >= 15 is 0 Å². The first kappa shape index (κ1) is 26.0. The van der Waals surface area contributed by atoms with Crippen LogP contribution >= 0.6 is 0 Å². The Labute approximate surface area is 201 Å². The van der Waals surface area contributed by atoms with Crippen LogP contribution in [-0.4, -0.2) is 51.2 Å². The van der Waals surface area contributed by atoms with Gasteiger partial charge in [-0.25, -0.2) is 9.59 Å². The number of amides is 1. The fourth-order valence-electron chi connectivity index (χ4n) is 3.16. The standard InChI is InChI=1S/C19H17NO6.HNO3.Y/c21-17(22)9-16(18(23)24)20-19(25)26-10-15-13-7-3-1-5-11(13)12-6-2-4-8-14(12)15;2-1(3)4;/h1-8,15-16H,9-10H2,(H,20,25)(H,21,22)(H,23,24);(H,2,3,4);. The summed E-state index contributed by atoms with van der Waals surface area (Å²) in [4.78, 5) is 42.0. The molecule has 12 heteroatoms. The second-order valence-corrected chi connectivity index (χ2v) is 6.20. The van der Waals surface area contributed by atoms with Gasteiger partial charge in [-0.3, -0.25) is 4.79 Å². The number of carboxylic acid groups (broad SMARTS) is 2. The van der Waals surface area contributed by atoms with Crippen LogP contribution in [0.2, 0.25) is 0 Å². The molecule has 0 saturated heterocycles. The van der Waals surface area contributed by atoms with Gasteiger partial charge < -0.3 is 25.5 Å². The molecule has 1 aliphatic rings. The molecule has 2 aromatic carbocycles. The molecule has 0 heterocycles. The summed E-state index contributed by atoms with van der Waals surface area (Å²) >= 11 is 0. The fraction of sp³-hybridized carbons (Fsp3) is 0.211. The molecule has 2 aromatic rings. The average molecular weight is 507 g/mol. The minimum atomic E-state index is -1.54. The first-order valence-corrected chi connectivity index (χ1v) is 8.60. The van der Waals surface area contributed by atoms with Crippen LogP contribution in [-0.2, 0) is 47.0 Å². The van der Waals surface area contributed by atoms with Crippen molar-refractivity contribution in [2.24, 2.45) is 0 Å². The van der Waals surface area contributed by atoms with Crippen molar-refractivity contribution < 1.29 is 72.3 Å². The molecular weight excluding hydrogens is 489 g/mol. The topological polar surface area (TPSA) is 176 Å². The number of carboxylic acids is 2. The predicted molar refractivity (Wildman–Crippen MR) is 101 cm³/mol. The molecule has 4 N–H and O–H groups in total. The molecule has 0 spiro atoms. The molecule has 0 bridgehead atoms. The van der Waals surface area contributed by atoms with E-state index in [9.17, 15) is 14.4 Å². The van der Waals surface area contributed by atoms with Gasteiger partial charge in [0.25, 0.3) is 5.09 Å². The molecule has 1 unspecified atom stereocenters. The SMILES string of the molecule is O=C(O)CC(NC(=O)OCC1c2ccccc2-c2ccccc21)C(=O)O.O=[N+]([O-])O.[Y]. The Morgan fingerprint density at radius 3 is 1.90 bits per heavy atom. The first-order chi connectivity index (χ1) is 14.2. The minimum Gasteiger partial charge on any atom is -0.481 e. The molecule has 11 nitrogen and oxygen atoms in total. The van der Waals surface area contributed by atoms with Crippen LogP contribution in [0.5, 0.6) is 0 Å². The van der Waals surface area contributed by atoms with Crippen molar-refractivity contribution in [3.63, 3.8) is 0 Å². The van der Waals surface area contributed by atoms with Crippen LogP contribution in [0.15, 0.2) is 48.5 Å². The molecule has 1 amide bonds. The van der Waals surface area contributed by atoms with E-state index < -0.39 is 35.6 Å². The molecule has 161 valence electrons. The normalized spacial score (nSPS) is 12.0. The Bertz CT molecular complexity index is 917. The van der Waals surface area contributed by atoms with E-state index in [0.717, 1.165) is 22.3 Å². The summed E-state index contributed by atoms with van der Waals surface area (Å²) in [6.45, 7) is 0.0271. The number of nitrogens with zero attached hydrogens (tertiary/aromatic N) is 1. The van der Waals surface area contributed by atoms with Gasteiger partial charge in [0.15, 0.2) is 0 Å². The molecule has 31 heavy (non-hydrogen) atoms. The summed E-state index contributed by atoms with van der Waals surface area (Å²) in [5.41, 5.74) is 4.21. The van der Waals surface area contributed by atoms with Gasteiger partial charge in [-0.05, 0) is 22.3 Å². The van der Waals surface area contributed by atoms with E-state index in [2.05, 4.69) is 5.32 Å². The Balaban J connectivity index is 0.000000885. The van der Waals surface area contributed by atoms with Crippen LogP contribution in [0.3, 0.4) is 0 Å². The van der Waals surface area contributed by atoms with Crippen molar-refractivity contribution in [2.75, 3.05) is 6.61 Å². The molecule has 1 radical (unpaired) electrons. The van der Waals surface area contributed by atoms with E-state index in [1.54, 1.807) is 0 Å². The third-order valence-electron chi connectivity index (χ3n) is 4.31. The Kier molecular flexibility index (Phi) is 10.0. The Morgan fingerprint density at radius 1 is 1.03 bits per heavy atom. The van der Waals surface area contributed by atoms with Gasteiger partial charge in [0.05, 0.1) is 6.42 Å². The Morgan fingerprint density at radius 2 is 1.48 bits per heavy atom. The van der Waals surface area contributed by atoms with Crippen LogP contribution in [0, 0.1) is 10.1 Å². The van der Waals surface area contributed by atoms with Crippen molar-refractivity contribution in [2.45, 2.75) is 18.4 Å². The number of fused-ring (bicyclic) bond motifs is 3. The first-order valence-electron chi connectivity index (χ1n) is 8.60. The number of alkyl carbamates (subject to hydrolysis) is 1. The van der Waals surface area contributed by atoms with E-state index in [1.807, 2.05) is 48.5 Å². The number of hydrogen-bond acceptors (Lipinski definition) is 6. The van der Waals surface area contributed by atoms with Crippen molar-refractivity contribution in [3.05, 3.63) is 69.8 Å². The molecule has 0 aromatic heterocycles. The molecule has 0 saturated carbocycles. The average Bonchev–Trinajstić information content (AvgIpc) is 2.99. The summed E-state index contributed by atoms with van der Waals surface area (Å²) in [5, 5.41) is 33.4. The van der Waals surface area contributed by atoms with Gasteiger partial charge in [-0.2, -0.15) is 0 Å². The maximum Gasteiger partial charge on any atom is 0.407 e. The number of benzene rings is 2. The number of rotatable bonds is 6. The molecule has 3 rings (SSSR count). The van der Waals surface area contributed by atoms with Crippen molar-refractivity contribution >= 4 is 18.0 Å². The summed E-state index contributed by atoms with van der Waals surface area (Å²) < 4.78 is 5.20. The molecule has 0 aliphatic heterocycles. The molecule has 0 fully saturated rings. The summed E-state index contributed by atoms with van der Waals surface area (Å²) in [7, 11) is 0. The zero-order chi connectivity index (χ0) is 22.3. The Hall–Kier alpha value is -3.05. The zero-order valence-corrected chi connectivity index (χ0v) is 18.8. The summed E-state index contributed by atoms with van der Waals surface area (Å²) in [5.74, 6) is -2.91. The van der Waals surface area contributed by atoms with Crippen molar-refractivity contribution in [1.82, 2.24) is 5.32 Å². The maximum absolute atomic E-state index is 11.9. The van der Waals surface area contributed by atoms with Crippen LogP contribution in [0.4, 0.5) is 4.79 Å². The number of carbonyl (C=O) groups is 3. The predicted octanol–water partition coefficient (Wildman–Crippen LogP) is 2.10. The minimum absolute atomic E-state index is 0. The quantitative estimate of drug-likeness (QED) is 0.337. The van der Waals surface area contributed by atoms with Crippen LogP contribution < -0.4 is 5.32 Å². The van der Waals surface area contributed by atoms with Crippen LogP contribution in [0.1, 0.15) is 23.5 Å². The third-order valence-corrected chi connectivity index (χ3v) is 4.31. The fourth-order valence-corrected chi connectivity index (χ4v) is 3.16. The number of aliphatic carboxylic acids is 2. The van der Waals surface area contributed by atoms with Gasteiger partial charge in [-0.15, -0.1) is 10.1 Å². The van der Waals surface area contributed by atoms with Gasteiger partial charge in [-0.1, -0.05) is 48.5 Å². The largest absolute Gasteiger partial charge is 0.481 e. The zero-order valence-electron chi connectivity index (χ0n) is 16.0. The molecule has 1 aliphatic carbocycles. The summed E-state index contributed by atoms with van der Waals surface area (Å²) in [6.07, 6.45) is -1.68. The number of ether oxygens (including phenoxy) is 1. The van der Waals surface area contributed by atoms with E-state index in [-0.39, 0.29) is 45.2 Å². The van der Waals surface area contributed by atoms with E-state index in [4.69, 9.17) is 30.3 Å². The van der Waals surface area contributed by atoms with Gasteiger partial charge >= 0.3 is 18.0 Å². The van der Waals surface area contributed by atoms with Gasteiger partial charge in [0.2, 0.25) is 0 Å². The molecular formula is C19H18N2O9Y. The smallest absolute Gasteiger partial charge is 0.407 e. The van der Waals surface area contributed by atoms with Gasteiger partial charge in [0.1, 0.15) is 12.6 Å². The van der Waals surface area contributed by atoms with Crippen LogP contribution in [0.25, 0.3) is 11.1 Å². The number of hydrogen-bond donors (Lipinski definition) is 4. The number of carbonyl (C=O) groups excluding carboxylic acids is 1. The van der Waals surface area contributed by atoms with Crippen molar-refractivity contribution in [3.8, 4) is 11.1 Å². The monoisotopic (exact) mass is 507 g/mol. The third kappa shape index (κ3) is 7.30. The second-order valence-electron chi connectivity index (χ2n) is 6.20. The van der Waals surface area contributed by atoms with Crippen molar-refractivity contribution in [1.29, 1.82) is 0 Å². The van der Waals surface area contributed by atoms with Gasteiger partial charge in [0, 0.05) is 38.6 Å². The second kappa shape index (κ2) is 12.0. The molecule has 1 atom stereocenters.